The topological polar surface area (TPSA) is 46.5 Å². The summed E-state index contributed by atoms with van der Waals surface area (Å²) in [5, 5.41) is 9.09. The van der Waals surface area contributed by atoms with E-state index in [4.69, 9.17) is 9.84 Å². The standard InChI is InChI=1S/C6H10O3/c1-3-5(7)4(2)9-6(3)8/h3-5,7H,1-2H3/t3-,4-,5+/m1/s1. The van der Waals surface area contributed by atoms with Crippen molar-refractivity contribution in [1.82, 2.24) is 0 Å². The van der Waals surface area contributed by atoms with E-state index in [0.29, 0.717) is 0 Å². The normalized spacial score (nSPS) is 43.0. The van der Waals surface area contributed by atoms with Gasteiger partial charge in [-0.1, -0.05) is 0 Å². The van der Waals surface area contributed by atoms with Crippen LogP contribution in [0, 0.1) is 5.92 Å². The molecule has 9 heavy (non-hydrogen) atoms. The summed E-state index contributed by atoms with van der Waals surface area (Å²) in [7, 11) is 0. The lowest BCUT2D eigenvalue weighted by Crippen LogP contribution is -2.22. The molecule has 0 aromatic carbocycles. The summed E-state index contributed by atoms with van der Waals surface area (Å²) in [6, 6.07) is 0. The number of carbonyl (C=O) groups excluding carboxylic acids is 1. The van der Waals surface area contributed by atoms with Crippen LogP contribution in [0.25, 0.3) is 0 Å². The summed E-state index contributed by atoms with van der Waals surface area (Å²) in [4.78, 5) is 10.6. The van der Waals surface area contributed by atoms with E-state index in [2.05, 4.69) is 0 Å². The number of aliphatic hydroxyl groups excluding tert-OH is 1. The molecular formula is C6H10O3. The first-order valence-corrected chi connectivity index (χ1v) is 3.01. The number of hydrogen-bond acceptors (Lipinski definition) is 3. The summed E-state index contributed by atoms with van der Waals surface area (Å²) in [5.41, 5.74) is 0. The molecule has 1 aliphatic heterocycles. The van der Waals surface area contributed by atoms with Gasteiger partial charge in [-0.15, -0.1) is 0 Å². The lowest BCUT2D eigenvalue weighted by Gasteiger charge is -2.05. The SMILES string of the molecule is C[C@H]1OC(=O)[C@H](C)[C@@H]1O. The highest BCUT2D eigenvalue weighted by Crippen LogP contribution is 2.20. The number of aliphatic hydroxyl groups is 1. The van der Waals surface area contributed by atoms with Gasteiger partial charge in [-0.25, -0.2) is 0 Å². The summed E-state index contributed by atoms with van der Waals surface area (Å²) >= 11 is 0. The Kier molecular flexibility index (Phi) is 1.45. The van der Waals surface area contributed by atoms with E-state index < -0.39 is 6.10 Å². The third kappa shape index (κ3) is 0.920. The molecule has 0 amide bonds. The zero-order valence-corrected chi connectivity index (χ0v) is 5.50. The van der Waals surface area contributed by atoms with Crippen molar-refractivity contribution in [3.8, 4) is 0 Å². The number of esters is 1. The van der Waals surface area contributed by atoms with Crippen LogP contribution in [0.2, 0.25) is 0 Å². The molecule has 1 rings (SSSR count). The van der Waals surface area contributed by atoms with Crippen LogP contribution >= 0.6 is 0 Å². The predicted molar refractivity (Wildman–Crippen MR) is 30.7 cm³/mol. The largest absolute Gasteiger partial charge is 0.460 e. The van der Waals surface area contributed by atoms with Gasteiger partial charge in [-0.3, -0.25) is 4.79 Å². The Morgan fingerprint density at radius 2 is 2.11 bits per heavy atom. The van der Waals surface area contributed by atoms with Crippen molar-refractivity contribution in [3.05, 3.63) is 0 Å². The van der Waals surface area contributed by atoms with Crippen molar-refractivity contribution >= 4 is 5.97 Å². The van der Waals surface area contributed by atoms with Crippen molar-refractivity contribution in [2.24, 2.45) is 5.92 Å². The van der Waals surface area contributed by atoms with Gasteiger partial charge in [0.15, 0.2) is 0 Å². The molecule has 0 spiro atoms. The maximum Gasteiger partial charge on any atom is 0.311 e. The van der Waals surface area contributed by atoms with Crippen molar-refractivity contribution in [2.75, 3.05) is 0 Å². The van der Waals surface area contributed by atoms with Gasteiger partial charge in [0.1, 0.15) is 12.2 Å². The van der Waals surface area contributed by atoms with E-state index in [9.17, 15) is 4.79 Å². The van der Waals surface area contributed by atoms with Gasteiger partial charge >= 0.3 is 5.97 Å². The Balaban J connectivity index is 2.65. The molecule has 1 N–H and O–H groups in total. The molecule has 1 saturated heterocycles. The minimum Gasteiger partial charge on any atom is -0.460 e. The molecule has 3 nitrogen and oxygen atoms in total. The molecule has 0 bridgehead atoms. The summed E-state index contributed by atoms with van der Waals surface area (Å²) in [6.45, 7) is 3.35. The van der Waals surface area contributed by atoms with Gasteiger partial charge < -0.3 is 9.84 Å². The number of rotatable bonds is 0. The van der Waals surface area contributed by atoms with Crippen LogP contribution in [0.4, 0.5) is 0 Å². The molecule has 0 aromatic rings. The Hall–Kier alpha value is -0.570. The molecular weight excluding hydrogens is 120 g/mol. The lowest BCUT2D eigenvalue weighted by molar-refractivity contribution is -0.143. The molecule has 0 aromatic heterocycles. The summed E-state index contributed by atoms with van der Waals surface area (Å²) < 4.78 is 4.70. The Morgan fingerprint density at radius 3 is 2.22 bits per heavy atom. The van der Waals surface area contributed by atoms with Crippen LogP contribution in [0.5, 0.6) is 0 Å². The molecule has 0 unspecified atom stereocenters. The third-order valence-electron chi connectivity index (χ3n) is 1.67. The second kappa shape index (κ2) is 1.99. The fraction of sp³-hybridized carbons (Fsp3) is 0.833. The highest BCUT2D eigenvalue weighted by atomic mass is 16.6. The number of ether oxygens (including phenoxy) is 1. The first kappa shape index (κ1) is 6.55. The molecule has 3 heteroatoms. The van der Waals surface area contributed by atoms with Gasteiger partial charge in [0.2, 0.25) is 0 Å². The predicted octanol–water partition coefficient (Wildman–Crippen LogP) is -0.0713. The second-order valence-electron chi connectivity index (χ2n) is 2.42. The van der Waals surface area contributed by atoms with E-state index >= 15 is 0 Å². The lowest BCUT2D eigenvalue weighted by atomic mass is 10.1. The Bertz CT molecular complexity index is 132. The van der Waals surface area contributed by atoms with Crippen molar-refractivity contribution in [1.29, 1.82) is 0 Å². The quantitative estimate of drug-likeness (QED) is 0.467. The number of carbonyl (C=O) groups is 1. The summed E-state index contributed by atoms with van der Waals surface area (Å²) in [6.07, 6.45) is -0.940. The minimum atomic E-state index is -0.613. The van der Waals surface area contributed by atoms with Crippen LogP contribution in [0.15, 0.2) is 0 Å². The fourth-order valence-corrected chi connectivity index (χ4v) is 0.906. The van der Waals surface area contributed by atoms with E-state index in [1.54, 1.807) is 13.8 Å². The van der Waals surface area contributed by atoms with Crippen LogP contribution in [0.1, 0.15) is 13.8 Å². The molecule has 0 aliphatic carbocycles. The third-order valence-corrected chi connectivity index (χ3v) is 1.67. The van der Waals surface area contributed by atoms with E-state index in [0.717, 1.165) is 0 Å². The molecule has 3 atom stereocenters. The van der Waals surface area contributed by atoms with Crippen molar-refractivity contribution in [3.63, 3.8) is 0 Å². The van der Waals surface area contributed by atoms with E-state index in [-0.39, 0.29) is 18.0 Å². The van der Waals surface area contributed by atoms with E-state index in [1.807, 2.05) is 0 Å². The zero-order valence-electron chi connectivity index (χ0n) is 5.50. The van der Waals surface area contributed by atoms with Crippen molar-refractivity contribution in [2.45, 2.75) is 26.1 Å². The smallest absolute Gasteiger partial charge is 0.311 e. The van der Waals surface area contributed by atoms with Crippen molar-refractivity contribution < 1.29 is 14.6 Å². The van der Waals surface area contributed by atoms with Crippen LogP contribution in [-0.4, -0.2) is 23.3 Å². The highest BCUT2D eigenvalue weighted by Gasteiger charge is 2.37. The average molecular weight is 130 g/mol. The highest BCUT2D eigenvalue weighted by molar-refractivity contribution is 5.75. The summed E-state index contributed by atoms with van der Waals surface area (Å²) in [5.74, 6) is -0.644. The van der Waals surface area contributed by atoms with Crippen LogP contribution in [-0.2, 0) is 9.53 Å². The van der Waals surface area contributed by atoms with Gasteiger partial charge in [0.25, 0.3) is 0 Å². The molecule has 0 radical (unpaired) electrons. The molecule has 1 aliphatic rings. The first-order chi connectivity index (χ1) is 4.13. The fourth-order valence-electron chi connectivity index (χ4n) is 0.906. The van der Waals surface area contributed by atoms with Crippen LogP contribution < -0.4 is 0 Å². The number of cyclic esters (lactones) is 1. The Labute approximate surface area is 53.6 Å². The van der Waals surface area contributed by atoms with Gasteiger partial charge in [-0.2, -0.15) is 0 Å². The first-order valence-electron chi connectivity index (χ1n) is 3.01. The average Bonchev–Trinajstić information content (AvgIpc) is 1.98. The zero-order chi connectivity index (χ0) is 7.02. The van der Waals surface area contributed by atoms with Gasteiger partial charge in [0, 0.05) is 0 Å². The van der Waals surface area contributed by atoms with Gasteiger partial charge in [-0.05, 0) is 13.8 Å². The minimum absolute atomic E-state index is 0.296. The molecule has 1 fully saturated rings. The van der Waals surface area contributed by atoms with E-state index in [1.165, 1.54) is 0 Å². The molecule has 52 valence electrons. The second-order valence-corrected chi connectivity index (χ2v) is 2.42. The maximum absolute atomic E-state index is 10.6. The molecule has 0 saturated carbocycles. The Morgan fingerprint density at radius 1 is 1.56 bits per heavy atom. The molecule has 1 heterocycles. The number of hydrogen-bond donors (Lipinski definition) is 1. The van der Waals surface area contributed by atoms with Crippen LogP contribution in [0.3, 0.4) is 0 Å². The maximum atomic E-state index is 10.6. The van der Waals surface area contributed by atoms with Gasteiger partial charge in [0.05, 0.1) is 5.92 Å². The monoisotopic (exact) mass is 130 g/mol.